The molecule has 2 aromatic rings. The number of carbonyl (C=O) groups excluding carboxylic acids is 2. The zero-order valence-corrected chi connectivity index (χ0v) is 22.8. The topological polar surface area (TPSA) is 99.1 Å². The average Bonchev–Trinajstić information content (AvgIpc) is 3.06. The first-order chi connectivity index (χ1) is 15.5. The number of imidazole rings is 1. The summed E-state index contributed by atoms with van der Waals surface area (Å²) in [5.41, 5.74) is 5.70. The zero-order valence-electron chi connectivity index (χ0n) is 21.9. The van der Waals surface area contributed by atoms with E-state index in [9.17, 15) is 14.4 Å². The molecule has 188 valence electrons. The van der Waals surface area contributed by atoms with Gasteiger partial charge >= 0.3 is 11.7 Å². The number of aromatic nitrogens is 2. The van der Waals surface area contributed by atoms with Crippen molar-refractivity contribution >= 4 is 34.7 Å². The Morgan fingerprint density at radius 3 is 2.06 bits per heavy atom. The SMILES string of the molecule is CC.CCCC.CCCCn1c(=O)n(C(=O)N[C@H](C(N)=O)C(C)(C)C)c2ccc(SC)cc21. The number of carbonyl (C=O) groups is 2. The van der Waals surface area contributed by atoms with Crippen LogP contribution in [-0.2, 0) is 11.3 Å². The minimum Gasteiger partial charge on any atom is -0.368 e. The van der Waals surface area contributed by atoms with E-state index >= 15 is 0 Å². The minimum atomic E-state index is -0.892. The molecule has 0 aliphatic heterocycles. The Kier molecular flexibility index (Phi) is 13.8. The van der Waals surface area contributed by atoms with E-state index in [1.54, 1.807) is 43.2 Å². The number of rotatable bonds is 7. The smallest absolute Gasteiger partial charge is 0.337 e. The number of thioether (sulfide) groups is 1. The summed E-state index contributed by atoms with van der Waals surface area (Å²) in [5, 5.41) is 2.63. The van der Waals surface area contributed by atoms with Gasteiger partial charge in [0.1, 0.15) is 6.04 Å². The van der Waals surface area contributed by atoms with E-state index in [4.69, 9.17) is 5.73 Å². The number of nitrogens with zero attached hydrogens (tertiary/aromatic N) is 2. The molecule has 7 nitrogen and oxygen atoms in total. The number of benzene rings is 1. The fourth-order valence-corrected chi connectivity index (χ4v) is 3.43. The standard InChI is InChI=1S/C19H28N4O3S.C4H10.C2H6/c1-6-7-10-22-14-11-12(27-5)8-9-13(14)23(18(22)26)17(25)21-15(16(20)24)19(2,3)4;1-3-4-2;1-2/h8-9,11,15H,6-7,10H2,1-5H3,(H2,20,24)(H,21,25);3-4H2,1-2H3;1-2H3/t15-;;/m1../s1. The van der Waals surface area contributed by atoms with Crippen LogP contribution < -0.4 is 16.7 Å². The van der Waals surface area contributed by atoms with E-state index < -0.39 is 29.1 Å². The van der Waals surface area contributed by atoms with Gasteiger partial charge in [-0.25, -0.2) is 14.2 Å². The van der Waals surface area contributed by atoms with E-state index in [1.807, 2.05) is 39.2 Å². The third-order valence-corrected chi connectivity index (χ3v) is 5.72. The lowest BCUT2D eigenvalue weighted by molar-refractivity contribution is -0.122. The van der Waals surface area contributed by atoms with Crippen molar-refractivity contribution in [2.75, 3.05) is 6.26 Å². The number of unbranched alkanes of at least 4 members (excludes halogenated alkanes) is 2. The molecular formula is C25H44N4O3S. The number of hydrogen-bond donors (Lipinski definition) is 2. The maximum atomic E-state index is 13.0. The molecule has 0 spiro atoms. The lowest BCUT2D eigenvalue weighted by Crippen LogP contribution is -2.54. The molecule has 2 rings (SSSR count). The second kappa shape index (κ2) is 14.8. The molecule has 1 atom stereocenters. The van der Waals surface area contributed by atoms with Gasteiger partial charge in [0.05, 0.1) is 11.0 Å². The Hall–Kier alpha value is -2.22. The summed E-state index contributed by atoms with van der Waals surface area (Å²) in [6, 6.07) is 4.01. The van der Waals surface area contributed by atoms with Crippen LogP contribution in [-0.4, -0.2) is 33.4 Å². The molecule has 0 fully saturated rings. The van der Waals surface area contributed by atoms with Crippen LogP contribution in [0.3, 0.4) is 0 Å². The molecule has 0 saturated carbocycles. The monoisotopic (exact) mass is 480 g/mol. The fraction of sp³-hybridized carbons (Fsp3) is 0.640. The van der Waals surface area contributed by atoms with Crippen LogP contribution in [0.4, 0.5) is 4.79 Å². The van der Waals surface area contributed by atoms with Crippen LogP contribution in [0.25, 0.3) is 11.0 Å². The Balaban J connectivity index is 0.00000154. The molecule has 2 amide bonds. The van der Waals surface area contributed by atoms with Crippen LogP contribution in [0.2, 0.25) is 0 Å². The molecule has 1 heterocycles. The number of hydrogen-bond acceptors (Lipinski definition) is 4. The highest BCUT2D eigenvalue weighted by Crippen LogP contribution is 2.23. The molecule has 1 aromatic carbocycles. The molecule has 33 heavy (non-hydrogen) atoms. The van der Waals surface area contributed by atoms with E-state index in [2.05, 4.69) is 19.2 Å². The number of amides is 2. The van der Waals surface area contributed by atoms with Gasteiger partial charge in [-0.15, -0.1) is 11.8 Å². The largest absolute Gasteiger partial charge is 0.368 e. The third kappa shape index (κ3) is 8.57. The first kappa shape index (κ1) is 30.8. The zero-order chi connectivity index (χ0) is 25.8. The first-order valence-electron chi connectivity index (χ1n) is 11.9. The Bertz CT molecular complexity index is 940. The highest BCUT2D eigenvalue weighted by atomic mass is 32.2. The van der Waals surface area contributed by atoms with Crippen molar-refractivity contribution in [3.05, 3.63) is 28.7 Å². The van der Waals surface area contributed by atoms with E-state index in [1.165, 1.54) is 12.8 Å². The van der Waals surface area contributed by atoms with E-state index in [0.29, 0.717) is 17.6 Å². The molecule has 0 aliphatic carbocycles. The summed E-state index contributed by atoms with van der Waals surface area (Å²) < 4.78 is 2.71. The van der Waals surface area contributed by atoms with Crippen molar-refractivity contribution in [3.8, 4) is 0 Å². The van der Waals surface area contributed by atoms with Crippen LogP contribution >= 0.6 is 11.8 Å². The maximum Gasteiger partial charge on any atom is 0.337 e. The molecule has 0 aliphatic rings. The average molecular weight is 481 g/mol. The number of nitrogens with two attached hydrogens (primary N) is 1. The number of nitrogens with one attached hydrogen (secondary N) is 1. The van der Waals surface area contributed by atoms with Gasteiger partial charge in [-0.05, 0) is 36.3 Å². The Labute approximate surface area is 203 Å². The fourth-order valence-electron chi connectivity index (χ4n) is 2.99. The second-order valence-electron chi connectivity index (χ2n) is 8.63. The molecule has 0 unspecified atom stereocenters. The first-order valence-corrected chi connectivity index (χ1v) is 13.1. The summed E-state index contributed by atoms with van der Waals surface area (Å²) in [6.45, 7) is 16.4. The van der Waals surface area contributed by atoms with Crippen molar-refractivity contribution in [2.24, 2.45) is 11.1 Å². The van der Waals surface area contributed by atoms with Gasteiger partial charge in [-0.2, -0.15) is 0 Å². The van der Waals surface area contributed by atoms with E-state index in [0.717, 1.165) is 22.3 Å². The molecule has 0 bridgehead atoms. The summed E-state index contributed by atoms with van der Waals surface area (Å²) in [7, 11) is 0. The lowest BCUT2D eigenvalue weighted by Gasteiger charge is -2.28. The van der Waals surface area contributed by atoms with Crippen molar-refractivity contribution in [2.45, 2.75) is 98.6 Å². The highest BCUT2D eigenvalue weighted by Gasteiger charge is 2.32. The van der Waals surface area contributed by atoms with Crippen LogP contribution in [0.15, 0.2) is 27.9 Å². The van der Waals surface area contributed by atoms with Gasteiger partial charge in [-0.3, -0.25) is 9.36 Å². The van der Waals surface area contributed by atoms with E-state index in [-0.39, 0.29) is 0 Å². The van der Waals surface area contributed by atoms with Gasteiger partial charge < -0.3 is 11.1 Å². The summed E-state index contributed by atoms with van der Waals surface area (Å²) in [4.78, 5) is 38.7. The van der Waals surface area contributed by atoms with Gasteiger partial charge in [-0.1, -0.05) is 74.7 Å². The molecule has 3 N–H and O–H groups in total. The van der Waals surface area contributed by atoms with Gasteiger partial charge in [0.25, 0.3) is 0 Å². The summed E-state index contributed by atoms with van der Waals surface area (Å²) >= 11 is 1.57. The molecule has 0 radical (unpaired) electrons. The molecular weight excluding hydrogens is 436 g/mol. The summed E-state index contributed by atoms with van der Waals surface area (Å²) in [6.07, 6.45) is 6.36. The van der Waals surface area contributed by atoms with Gasteiger partial charge in [0.2, 0.25) is 5.91 Å². The number of primary amides is 1. The molecule has 0 saturated heterocycles. The number of fused-ring (bicyclic) bond motifs is 1. The van der Waals surface area contributed by atoms with Crippen molar-refractivity contribution in [1.29, 1.82) is 0 Å². The minimum absolute atomic E-state index is 0.411. The lowest BCUT2D eigenvalue weighted by atomic mass is 9.86. The number of aryl methyl sites for hydroxylation is 1. The molecule has 1 aromatic heterocycles. The van der Waals surface area contributed by atoms with Crippen molar-refractivity contribution < 1.29 is 9.59 Å². The Morgan fingerprint density at radius 2 is 1.64 bits per heavy atom. The predicted octanol–water partition coefficient (Wildman–Crippen LogP) is 5.62. The third-order valence-electron chi connectivity index (χ3n) is 4.99. The summed E-state index contributed by atoms with van der Waals surface area (Å²) in [5.74, 6) is -0.636. The second-order valence-corrected chi connectivity index (χ2v) is 9.51. The predicted molar refractivity (Wildman–Crippen MR) is 141 cm³/mol. The van der Waals surface area contributed by atoms with Crippen LogP contribution in [0, 0.1) is 5.41 Å². The van der Waals surface area contributed by atoms with Gasteiger partial charge in [0.15, 0.2) is 0 Å². The van der Waals surface area contributed by atoms with Crippen LogP contribution in [0.5, 0.6) is 0 Å². The van der Waals surface area contributed by atoms with Crippen molar-refractivity contribution in [1.82, 2.24) is 14.5 Å². The maximum absolute atomic E-state index is 13.0. The Morgan fingerprint density at radius 1 is 1.06 bits per heavy atom. The normalized spacial score (nSPS) is 11.7. The highest BCUT2D eigenvalue weighted by molar-refractivity contribution is 7.98. The quantitative estimate of drug-likeness (QED) is 0.503. The van der Waals surface area contributed by atoms with Crippen LogP contribution in [0.1, 0.15) is 81.1 Å². The van der Waals surface area contributed by atoms with Crippen molar-refractivity contribution in [3.63, 3.8) is 0 Å². The molecule has 8 heteroatoms. The van der Waals surface area contributed by atoms with Gasteiger partial charge in [0, 0.05) is 11.4 Å².